The molecule has 11 heavy (non-hydrogen) atoms. The Labute approximate surface area is 67.6 Å². The monoisotopic (exact) mass is 172 g/mol. The van der Waals surface area contributed by atoms with Crippen LogP contribution in [-0.2, 0) is 0 Å². The van der Waals surface area contributed by atoms with Gasteiger partial charge in [-0.05, 0) is 0 Å². The van der Waals surface area contributed by atoms with Gasteiger partial charge < -0.3 is 5.32 Å². The highest BCUT2D eigenvalue weighted by Gasteiger charge is 2.06. The van der Waals surface area contributed by atoms with Crippen LogP contribution < -0.4 is 16.6 Å². The summed E-state index contributed by atoms with van der Waals surface area (Å²) in [5, 5.41) is 4.62. The quantitative estimate of drug-likeness (QED) is 0.426. The lowest BCUT2D eigenvalue weighted by atomic mass is 10.5. The van der Waals surface area contributed by atoms with E-state index in [4.69, 9.17) is 5.84 Å². The van der Waals surface area contributed by atoms with Crippen molar-refractivity contribution in [1.29, 1.82) is 0 Å². The van der Waals surface area contributed by atoms with Crippen LogP contribution in [0.15, 0.2) is 5.38 Å². The molecule has 1 aromatic rings. The molecule has 0 spiro atoms. The molecule has 0 fully saturated rings. The Morgan fingerprint density at radius 1 is 1.82 bits per heavy atom. The smallest absolute Gasteiger partial charge is 0.270 e. The molecule has 0 bridgehead atoms. The van der Waals surface area contributed by atoms with Gasteiger partial charge in [-0.25, -0.2) is 10.8 Å². The van der Waals surface area contributed by atoms with Gasteiger partial charge in [0.05, 0.1) is 0 Å². The lowest BCUT2D eigenvalue weighted by Gasteiger charge is -1.91. The average Bonchev–Trinajstić information content (AvgIpc) is 2.50. The number of carbonyl (C=O) groups is 1. The van der Waals surface area contributed by atoms with Crippen molar-refractivity contribution in [3.63, 3.8) is 0 Å². The van der Waals surface area contributed by atoms with E-state index in [-0.39, 0.29) is 5.91 Å². The van der Waals surface area contributed by atoms with Gasteiger partial charge >= 0.3 is 0 Å². The van der Waals surface area contributed by atoms with Crippen molar-refractivity contribution in [2.45, 2.75) is 0 Å². The SMILES string of the molecule is CNC(=O)c1csc(NN)n1. The number of carbonyl (C=O) groups excluding carboxylic acids is 1. The number of hydrogen-bond acceptors (Lipinski definition) is 5. The molecule has 4 N–H and O–H groups in total. The molecule has 0 aliphatic carbocycles. The molecule has 0 saturated heterocycles. The highest BCUT2D eigenvalue weighted by molar-refractivity contribution is 7.13. The number of amides is 1. The van der Waals surface area contributed by atoms with Crippen LogP contribution >= 0.6 is 11.3 Å². The molecule has 0 aliphatic heterocycles. The summed E-state index contributed by atoms with van der Waals surface area (Å²) in [6.45, 7) is 0. The number of nitrogens with zero attached hydrogens (tertiary/aromatic N) is 1. The molecule has 0 aliphatic rings. The topological polar surface area (TPSA) is 80.0 Å². The van der Waals surface area contributed by atoms with Gasteiger partial charge in [0.1, 0.15) is 5.69 Å². The second-order valence-corrected chi connectivity index (χ2v) is 2.62. The minimum atomic E-state index is -0.206. The molecule has 60 valence electrons. The molecule has 0 radical (unpaired) electrons. The Balaban J connectivity index is 2.80. The highest BCUT2D eigenvalue weighted by atomic mass is 32.1. The lowest BCUT2D eigenvalue weighted by molar-refractivity contribution is 0.0959. The normalized spacial score (nSPS) is 9.27. The summed E-state index contributed by atoms with van der Waals surface area (Å²) in [6.07, 6.45) is 0. The van der Waals surface area contributed by atoms with Gasteiger partial charge in [0.25, 0.3) is 5.91 Å². The molecule has 1 rings (SSSR count). The van der Waals surface area contributed by atoms with Crippen LogP contribution in [0.25, 0.3) is 0 Å². The summed E-state index contributed by atoms with van der Waals surface area (Å²) in [4.78, 5) is 14.8. The molecule has 6 heteroatoms. The maximum absolute atomic E-state index is 10.9. The van der Waals surface area contributed by atoms with Crippen molar-refractivity contribution >= 4 is 22.4 Å². The Morgan fingerprint density at radius 3 is 3.00 bits per heavy atom. The highest BCUT2D eigenvalue weighted by Crippen LogP contribution is 2.12. The second kappa shape index (κ2) is 3.31. The van der Waals surface area contributed by atoms with Crippen LogP contribution in [-0.4, -0.2) is 17.9 Å². The van der Waals surface area contributed by atoms with Crippen molar-refractivity contribution < 1.29 is 4.79 Å². The first kappa shape index (κ1) is 7.96. The number of nitrogen functional groups attached to an aromatic ring is 1. The standard InChI is InChI=1S/C5H8N4OS/c1-7-4(10)3-2-11-5(8-3)9-6/h2H,6H2,1H3,(H,7,10)(H,8,9). The maximum Gasteiger partial charge on any atom is 0.270 e. The van der Waals surface area contributed by atoms with E-state index in [1.165, 1.54) is 11.3 Å². The molecule has 1 aromatic heterocycles. The fraction of sp³-hybridized carbons (Fsp3) is 0.200. The maximum atomic E-state index is 10.9. The Morgan fingerprint density at radius 2 is 2.55 bits per heavy atom. The summed E-state index contributed by atoms with van der Waals surface area (Å²) in [6, 6.07) is 0. The Hall–Kier alpha value is -1.14. The number of nitrogens with one attached hydrogen (secondary N) is 2. The minimum absolute atomic E-state index is 0.206. The van der Waals surface area contributed by atoms with Gasteiger partial charge in [-0.2, -0.15) is 0 Å². The van der Waals surface area contributed by atoms with E-state index in [1.54, 1.807) is 12.4 Å². The summed E-state index contributed by atoms with van der Waals surface area (Å²) in [5.74, 6) is 4.87. The molecule has 5 nitrogen and oxygen atoms in total. The summed E-state index contributed by atoms with van der Waals surface area (Å²) < 4.78 is 0. The number of nitrogens with two attached hydrogens (primary N) is 1. The summed E-state index contributed by atoms with van der Waals surface area (Å²) in [5.41, 5.74) is 2.73. The molecule has 1 heterocycles. The number of anilines is 1. The first-order valence-corrected chi connectivity index (χ1v) is 3.80. The second-order valence-electron chi connectivity index (χ2n) is 1.76. The van der Waals surface area contributed by atoms with Gasteiger partial charge in [-0.1, -0.05) is 0 Å². The van der Waals surface area contributed by atoms with Crippen LogP contribution in [0.4, 0.5) is 5.13 Å². The molecular weight excluding hydrogens is 164 g/mol. The van der Waals surface area contributed by atoms with Gasteiger partial charge in [-0.3, -0.25) is 10.2 Å². The zero-order valence-electron chi connectivity index (χ0n) is 5.92. The van der Waals surface area contributed by atoms with Crippen molar-refractivity contribution in [1.82, 2.24) is 10.3 Å². The third-order valence-electron chi connectivity index (χ3n) is 1.09. The number of aromatic nitrogens is 1. The number of hydrogen-bond donors (Lipinski definition) is 3. The van der Waals surface area contributed by atoms with Crippen molar-refractivity contribution in [2.75, 3.05) is 12.5 Å². The van der Waals surface area contributed by atoms with E-state index in [0.29, 0.717) is 10.8 Å². The molecule has 0 unspecified atom stereocenters. The molecule has 0 aromatic carbocycles. The molecule has 0 saturated carbocycles. The fourth-order valence-corrected chi connectivity index (χ4v) is 1.17. The zero-order chi connectivity index (χ0) is 8.27. The van der Waals surface area contributed by atoms with E-state index in [1.807, 2.05) is 0 Å². The first-order chi connectivity index (χ1) is 5.27. The zero-order valence-corrected chi connectivity index (χ0v) is 6.73. The van der Waals surface area contributed by atoms with E-state index in [2.05, 4.69) is 15.7 Å². The van der Waals surface area contributed by atoms with Crippen LogP contribution in [0.2, 0.25) is 0 Å². The molecule has 0 atom stereocenters. The number of thiazole rings is 1. The van der Waals surface area contributed by atoms with Gasteiger partial charge in [0.15, 0.2) is 5.13 Å². The summed E-state index contributed by atoms with van der Waals surface area (Å²) >= 11 is 1.29. The van der Waals surface area contributed by atoms with E-state index < -0.39 is 0 Å². The summed E-state index contributed by atoms with van der Waals surface area (Å²) in [7, 11) is 1.55. The van der Waals surface area contributed by atoms with E-state index in [9.17, 15) is 4.79 Å². The lowest BCUT2D eigenvalue weighted by Crippen LogP contribution is -2.18. The Kier molecular flexibility index (Phi) is 2.40. The van der Waals surface area contributed by atoms with E-state index >= 15 is 0 Å². The van der Waals surface area contributed by atoms with Crippen LogP contribution in [0.1, 0.15) is 10.5 Å². The van der Waals surface area contributed by atoms with Gasteiger partial charge in [-0.15, -0.1) is 11.3 Å². The average molecular weight is 172 g/mol. The first-order valence-electron chi connectivity index (χ1n) is 2.92. The van der Waals surface area contributed by atoms with Crippen molar-refractivity contribution in [2.24, 2.45) is 5.84 Å². The molecular formula is C5H8N4OS. The van der Waals surface area contributed by atoms with E-state index in [0.717, 1.165) is 0 Å². The Bertz CT molecular complexity index is 259. The number of rotatable bonds is 2. The third kappa shape index (κ3) is 1.66. The van der Waals surface area contributed by atoms with Crippen LogP contribution in [0.3, 0.4) is 0 Å². The fourth-order valence-electron chi connectivity index (χ4n) is 0.572. The third-order valence-corrected chi connectivity index (χ3v) is 1.86. The predicted molar refractivity (Wildman–Crippen MR) is 43.3 cm³/mol. The minimum Gasteiger partial charge on any atom is -0.354 e. The predicted octanol–water partition coefficient (Wildman–Crippen LogP) is -0.212. The van der Waals surface area contributed by atoms with Crippen molar-refractivity contribution in [3.05, 3.63) is 11.1 Å². The van der Waals surface area contributed by atoms with Gasteiger partial charge in [0, 0.05) is 12.4 Å². The largest absolute Gasteiger partial charge is 0.354 e. The van der Waals surface area contributed by atoms with Crippen molar-refractivity contribution in [3.8, 4) is 0 Å². The number of hydrazine groups is 1. The van der Waals surface area contributed by atoms with Crippen LogP contribution in [0, 0.1) is 0 Å². The van der Waals surface area contributed by atoms with Gasteiger partial charge in [0.2, 0.25) is 0 Å². The van der Waals surface area contributed by atoms with Crippen LogP contribution in [0.5, 0.6) is 0 Å². The molecule has 1 amide bonds.